The van der Waals surface area contributed by atoms with E-state index >= 15 is 0 Å². The normalized spacial score (nSPS) is 17.2. The molecule has 1 fully saturated rings. The van der Waals surface area contributed by atoms with E-state index in [0.29, 0.717) is 5.56 Å². The molecule has 1 aromatic heterocycles. The largest absolute Gasteiger partial charge is 0.479 e. The Morgan fingerprint density at radius 1 is 0.875 bits per heavy atom. The van der Waals surface area contributed by atoms with Gasteiger partial charge < -0.3 is 14.7 Å². The number of fused-ring (bicyclic) bond motifs is 1. The first-order valence-electron chi connectivity index (χ1n) is 17.4. The first-order valence-corrected chi connectivity index (χ1v) is 17.4. The van der Waals surface area contributed by atoms with E-state index in [2.05, 4.69) is 103 Å². The zero-order chi connectivity index (χ0) is 34.2. The molecular formula is C42H51N3O3. The fourth-order valence-electron chi connectivity index (χ4n) is 7.39. The second kappa shape index (κ2) is 13.5. The van der Waals surface area contributed by atoms with Crippen LogP contribution in [0.15, 0.2) is 72.8 Å². The van der Waals surface area contributed by atoms with Crippen LogP contribution in [0.2, 0.25) is 0 Å². The lowest BCUT2D eigenvalue weighted by molar-refractivity contribution is -0.160. The van der Waals surface area contributed by atoms with Crippen LogP contribution in [0.3, 0.4) is 0 Å². The highest BCUT2D eigenvalue weighted by Gasteiger charge is 2.36. The first-order chi connectivity index (χ1) is 22.8. The van der Waals surface area contributed by atoms with Crippen LogP contribution < -0.4 is 4.90 Å². The summed E-state index contributed by atoms with van der Waals surface area (Å²) in [5.74, 6) is -0.983. The highest BCUT2D eigenvalue weighted by atomic mass is 16.5. The molecule has 1 saturated heterocycles. The van der Waals surface area contributed by atoms with Crippen molar-refractivity contribution in [3.05, 3.63) is 106 Å². The van der Waals surface area contributed by atoms with E-state index in [4.69, 9.17) is 9.72 Å². The minimum atomic E-state index is -1.12. The summed E-state index contributed by atoms with van der Waals surface area (Å²) in [5, 5.41) is 10.5. The lowest BCUT2D eigenvalue weighted by Crippen LogP contribution is -2.39. The van der Waals surface area contributed by atoms with Gasteiger partial charge in [0.2, 0.25) is 0 Å². The Balaban J connectivity index is 1.34. The highest BCUT2D eigenvalue weighted by molar-refractivity contribution is 5.88. The number of nitrogens with zero attached hydrogens (tertiary/aromatic N) is 3. The van der Waals surface area contributed by atoms with Crippen molar-refractivity contribution in [2.24, 2.45) is 5.41 Å². The van der Waals surface area contributed by atoms with E-state index in [1.807, 2.05) is 27.7 Å². The average molecular weight is 646 g/mol. The minimum Gasteiger partial charge on any atom is -0.479 e. The van der Waals surface area contributed by atoms with E-state index in [1.54, 1.807) is 0 Å². The number of aromatic nitrogens is 1. The molecule has 1 N–H and O–H groups in total. The summed E-state index contributed by atoms with van der Waals surface area (Å²) in [6, 6.07) is 26.3. The van der Waals surface area contributed by atoms with Crippen molar-refractivity contribution >= 4 is 11.7 Å². The van der Waals surface area contributed by atoms with E-state index in [9.17, 15) is 9.90 Å². The number of aryl methyl sites for hydroxylation is 2. The topological polar surface area (TPSA) is 65.9 Å². The van der Waals surface area contributed by atoms with Crippen molar-refractivity contribution < 1.29 is 14.6 Å². The molecule has 1 atom stereocenters. The summed E-state index contributed by atoms with van der Waals surface area (Å²) < 4.78 is 6.28. The number of carboxylic acids is 1. The maximum absolute atomic E-state index is 12.9. The third-order valence-corrected chi connectivity index (χ3v) is 10.00. The molecule has 0 aliphatic carbocycles. The van der Waals surface area contributed by atoms with Crippen LogP contribution in [0.25, 0.3) is 22.3 Å². The Bertz CT molecular complexity index is 1780. The maximum atomic E-state index is 12.9. The zero-order valence-corrected chi connectivity index (χ0v) is 29.8. The van der Waals surface area contributed by atoms with Gasteiger partial charge in [-0.05, 0) is 98.7 Å². The van der Waals surface area contributed by atoms with Gasteiger partial charge in [-0.15, -0.1) is 0 Å². The number of hydrogen-bond donors (Lipinski definition) is 1. The fourth-order valence-corrected chi connectivity index (χ4v) is 7.39. The molecule has 1 unspecified atom stereocenters. The van der Waals surface area contributed by atoms with Crippen LogP contribution in [0, 0.1) is 19.3 Å². The molecule has 6 heteroatoms. The van der Waals surface area contributed by atoms with Gasteiger partial charge in [0, 0.05) is 55.2 Å². The van der Waals surface area contributed by atoms with Gasteiger partial charge in [0.25, 0.3) is 0 Å². The molecule has 0 bridgehead atoms. The summed E-state index contributed by atoms with van der Waals surface area (Å²) in [4.78, 5) is 22.8. The fraction of sp³-hybridized carbons (Fsp3) is 0.429. The van der Waals surface area contributed by atoms with Gasteiger partial charge in [0.15, 0.2) is 6.10 Å². The molecule has 48 heavy (non-hydrogen) atoms. The van der Waals surface area contributed by atoms with E-state index < -0.39 is 17.7 Å². The number of ether oxygens (including phenoxy) is 1. The average Bonchev–Trinajstić information content (AvgIpc) is 3.03. The van der Waals surface area contributed by atoms with Gasteiger partial charge >= 0.3 is 5.97 Å². The van der Waals surface area contributed by atoms with Crippen LogP contribution in [-0.4, -0.2) is 46.2 Å². The molecule has 3 aromatic carbocycles. The molecule has 6 rings (SSSR count). The second-order valence-corrected chi connectivity index (χ2v) is 15.5. The number of aliphatic carboxylic acids is 1. The predicted octanol–water partition coefficient (Wildman–Crippen LogP) is 9.16. The quantitative estimate of drug-likeness (QED) is 0.206. The summed E-state index contributed by atoms with van der Waals surface area (Å²) in [6.07, 6.45) is 1.93. The molecular weight excluding hydrogens is 594 g/mol. The van der Waals surface area contributed by atoms with Crippen molar-refractivity contribution in [3.8, 4) is 22.3 Å². The van der Waals surface area contributed by atoms with Gasteiger partial charge in [-0.25, -0.2) is 4.79 Å². The van der Waals surface area contributed by atoms with Crippen LogP contribution >= 0.6 is 0 Å². The third kappa shape index (κ3) is 7.50. The van der Waals surface area contributed by atoms with Crippen molar-refractivity contribution in [1.82, 2.24) is 9.88 Å². The standard InChI is InChI=1S/C42H51N3O3/c1-28-36(38(45-22-19-42(6,7)20-23-45)37(29(2)43-28)39(40(46)47)48-41(3,4)5)34-16-17-35-27-44(21-18-33(35)25-34)26-30-12-11-15-32(24-30)31-13-9-8-10-14-31/h8-17,24-25,39H,18-23,26-27H2,1-7H3,(H,46,47). The number of rotatable bonds is 8. The smallest absolute Gasteiger partial charge is 0.337 e. The highest BCUT2D eigenvalue weighted by Crippen LogP contribution is 2.45. The Morgan fingerprint density at radius 3 is 2.27 bits per heavy atom. The molecule has 3 heterocycles. The van der Waals surface area contributed by atoms with Gasteiger partial charge in [-0.3, -0.25) is 9.88 Å². The number of anilines is 1. The van der Waals surface area contributed by atoms with Crippen LogP contribution in [0.5, 0.6) is 0 Å². The number of pyridine rings is 1. The molecule has 2 aliphatic heterocycles. The van der Waals surface area contributed by atoms with E-state index in [0.717, 1.165) is 80.2 Å². The zero-order valence-electron chi connectivity index (χ0n) is 29.8. The van der Waals surface area contributed by atoms with E-state index in [-0.39, 0.29) is 5.41 Å². The minimum absolute atomic E-state index is 0.253. The molecule has 2 aliphatic rings. The van der Waals surface area contributed by atoms with Crippen molar-refractivity contribution in [1.29, 1.82) is 0 Å². The predicted molar refractivity (Wildman–Crippen MR) is 195 cm³/mol. The molecule has 6 nitrogen and oxygen atoms in total. The van der Waals surface area contributed by atoms with Gasteiger partial charge in [0.05, 0.1) is 11.3 Å². The molecule has 0 spiro atoms. The van der Waals surface area contributed by atoms with Crippen LogP contribution in [0.1, 0.15) is 87.2 Å². The van der Waals surface area contributed by atoms with Crippen molar-refractivity contribution in [2.75, 3.05) is 24.5 Å². The maximum Gasteiger partial charge on any atom is 0.337 e. The van der Waals surface area contributed by atoms with Crippen molar-refractivity contribution in [2.45, 2.75) is 92.5 Å². The Kier molecular flexibility index (Phi) is 9.52. The number of hydrogen-bond acceptors (Lipinski definition) is 5. The first kappa shape index (κ1) is 33.9. The van der Waals surface area contributed by atoms with Crippen LogP contribution in [0.4, 0.5) is 5.69 Å². The van der Waals surface area contributed by atoms with E-state index in [1.165, 1.54) is 27.8 Å². The Hall–Kier alpha value is -4.00. The number of carboxylic acid groups (broad SMARTS) is 1. The molecule has 0 amide bonds. The Labute approximate surface area is 286 Å². The molecule has 0 saturated carbocycles. The van der Waals surface area contributed by atoms with Gasteiger partial charge in [0.1, 0.15) is 0 Å². The SMILES string of the molecule is Cc1nc(C)c(C(OC(C)(C)C)C(=O)O)c(N2CCC(C)(C)CC2)c1-c1ccc2c(c1)CCN(Cc1cccc(-c3ccccc3)c1)C2. The summed E-state index contributed by atoms with van der Waals surface area (Å²) >= 11 is 0. The monoisotopic (exact) mass is 645 g/mol. The summed E-state index contributed by atoms with van der Waals surface area (Å²) in [7, 11) is 0. The molecule has 252 valence electrons. The molecule has 0 radical (unpaired) electrons. The Morgan fingerprint density at radius 2 is 1.58 bits per heavy atom. The lowest BCUT2D eigenvalue weighted by atomic mass is 9.81. The molecule has 4 aromatic rings. The van der Waals surface area contributed by atoms with Crippen LogP contribution in [-0.2, 0) is 29.0 Å². The number of carbonyl (C=O) groups is 1. The summed E-state index contributed by atoms with van der Waals surface area (Å²) in [6.45, 7) is 18.9. The van der Waals surface area contributed by atoms with Gasteiger partial charge in [-0.1, -0.05) is 80.6 Å². The number of benzene rings is 3. The second-order valence-electron chi connectivity index (χ2n) is 15.5. The number of piperidine rings is 1. The summed E-state index contributed by atoms with van der Waals surface area (Å²) in [5.41, 5.74) is 11.6. The third-order valence-electron chi connectivity index (χ3n) is 10.00. The lowest BCUT2D eigenvalue weighted by Gasteiger charge is -2.41. The van der Waals surface area contributed by atoms with Gasteiger partial charge in [-0.2, -0.15) is 0 Å². The van der Waals surface area contributed by atoms with Crippen molar-refractivity contribution in [3.63, 3.8) is 0 Å².